The smallest absolute Gasteiger partial charge is 0.236 e. The fourth-order valence-corrected chi connectivity index (χ4v) is 2.89. The quantitative estimate of drug-likeness (QED) is 0.714. The number of hydrogen-bond acceptors (Lipinski definition) is 2. The van der Waals surface area contributed by atoms with Crippen LogP contribution in [0.3, 0.4) is 0 Å². The molecule has 0 radical (unpaired) electrons. The predicted molar refractivity (Wildman–Crippen MR) is 61.5 cm³/mol. The second kappa shape index (κ2) is 5.25. The van der Waals surface area contributed by atoms with E-state index in [0.717, 1.165) is 25.3 Å². The van der Waals surface area contributed by atoms with Gasteiger partial charge in [-0.1, -0.05) is 22.9 Å². The fourth-order valence-electron chi connectivity index (χ4n) is 1.42. The van der Waals surface area contributed by atoms with Gasteiger partial charge in [0.15, 0.2) is 0 Å². The summed E-state index contributed by atoms with van der Waals surface area (Å²) >= 11 is 5.31. The molecule has 1 fully saturated rings. The molecule has 0 N–H and O–H groups in total. The molecule has 1 rings (SSSR count). The van der Waals surface area contributed by atoms with Crippen LogP contribution >= 0.6 is 27.7 Å². The third-order valence-electron chi connectivity index (χ3n) is 2.25. The number of hydrogen-bond donors (Lipinski definition) is 0. The van der Waals surface area contributed by atoms with E-state index in [-0.39, 0.29) is 10.7 Å². The maximum Gasteiger partial charge on any atom is 0.236 e. The Labute approximate surface area is 92.6 Å². The summed E-state index contributed by atoms with van der Waals surface area (Å²) in [5.41, 5.74) is 0. The minimum absolute atomic E-state index is 0.0342. The number of alkyl halides is 1. The highest BCUT2D eigenvalue weighted by molar-refractivity contribution is 9.10. The van der Waals surface area contributed by atoms with E-state index in [9.17, 15) is 4.79 Å². The minimum atomic E-state index is -0.0342. The zero-order chi connectivity index (χ0) is 9.84. The molecule has 2 atom stereocenters. The first kappa shape index (κ1) is 11.4. The van der Waals surface area contributed by atoms with Crippen molar-refractivity contribution in [3.05, 3.63) is 0 Å². The molecule has 2 nitrogen and oxygen atoms in total. The summed E-state index contributed by atoms with van der Waals surface area (Å²) in [6, 6.07) is 0. The Balaban J connectivity index is 2.46. The fraction of sp³-hybridized carbons (Fsp3) is 0.889. The van der Waals surface area contributed by atoms with Crippen LogP contribution in [0.25, 0.3) is 0 Å². The third-order valence-corrected chi connectivity index (χ3v) is 4.01. The van der Waals surface area contributed by atoms with Gasteiger partial charge in [-0.2, -0.15) is 11.8 Å². The van der Waals surface area contributed by atoms with Crippen molar-refractivity contribution in [2.24, 2.45) is 0 Å². The molecule has 0 aliphatic carbocycles. The number of halogens is 1. The van der Waals surface area contributed by atoms with E-state index in [1.165, 1.54) is 0 Å². The Morgan fingerprint density at radius 2 is 2.46 bits per heavy atom. The molecule has 0 aromatic rings. The Morgan fingerprint density at radius 1 is 1.77 bits per heavy atom. The molecular weight excluding hydrogens is 250 g/mol. The molecule has 1 saturated heterocycles. The number of thioether (sulfide) groups is 1. The van der Waals surface area contributed by atoms with Crippen molar-refractivity contribution in [2.45, 2.75) is 30.3 Å². The van der Waals surface area contributed by atoms with Crippen molar-refractivity contribution in [3.63, 3.8) is 0 Å². The van der Waals surface area contributed by atoms with Gasteiger partial charge in [-0.3, -0.25) is 4.79 Å². The monoisotopic (exact) mass is 265 g/mol. The van der Waals surface area contributed by atoms with Crippen LogP contribution in [0.4, 0.5) is 0 Å². The van der Waals surface area contributed by atoms with E-state index in [0.29, 0.717) is 5.25 Å². The normalized spacial score (nSPS) is 25.8. The summed E-state index contributed by atoms with van der Waals surface area (Å²) in [4.78, 5) is 13.6. The average Bonchev–Trinajstić information content (AvgIpc) is 2.16. The lowest BCUT2D eigenvalue weighted by Gasteiger charge is -2.32. The van der Waals surface area contributed by atoms with Crippen LogP contribution in [0.15, 0.2) is 0 Å². The van der Waals surface area contributed by atoms with Crippen LogP contribution < -0.4 is 0 Å². The maximum atomic E-state index is 11.6. The van der Waals surface area contributed by atoms with Crippen LogP contribution in [0.2, 0.25) is 0 Å². The molecule has 2 unspecified atom stereocenters. The maximum absolute atomic E-state index is 11.6. The Morgan fingerprint density at radius 3 is 3.00 bits per heavy atom. The summed E-state index contributed by atoms with van der Waals surface area (Å²) in [6.07, 6.45) is 1.16. The second-order valence-corrected chi connectivity index (χ2v) is 6.08. The molecule has 4 heteroatoms. The molecular formula is C9H16BrNOS. The lowest BCUT2D eigenvalue weighted by Crippen LogP contribution is -2.44. The first-order valence-corrected chi connectivity index (χ1v) is 6.66. The van der Waals surface area contributed by atoms with E-state index < -0.39 is 0 Å². The van der Waals surface area contributed by atoms with Gasteiger partial charge in [0.2, 0.25) is 5.91 Å². The highest BCUT2D eigenvalue weighted by atomic mass is 79.9. The van der Waals surface area contributed by atoms with Gasteiger partial charge in [-0.25, -0.2) is 0 Å². The molecule has 13 heavy (non-hydrogen) atoms. The van der Waals surface area contributed by atoms with Crippen molar-refractivity contribution >= 4 is 33.6 Å². The van der Waals surface area contributed by atoms with Gasteiger partial charge < -0.3 is 4.90 Å². The van der Waals surface area contributed by atoms with Crippen LogP contribution in [0, 0.1) is 0 Å². The van der Waals surface area contributed by atoms with Crippen LogP contribution in [-0.4, -0.2) is 39.7 Å². The minimum Gasteiger partial charge on any atom is -0.340 e. The topological polar surface area (TPSA) is 20.3 Å². The van der Waals surface area contributed by atoms with Crippen molar-refractivity contribution in [2.75, 3.05) is 18.8 Å². The van der Waals surface area contributed by atoms with Crippen LogP contribution in [0.5, 0.6) is 0 Å². The van der Waals surface area contributed by atoms with E-state index >= 15 is 0 Å². The van der Waals surface area contributed by atoms with E-state index in [1.807, 2.05) is 23.6 Å². The molecule has 0 aromatic heterocycles. The van der Waals surface area contributed by atoms with E-state index in [2.05, 4.69) is 22.9 Å². The van der Waals surface area contributed by atoms with Gasteiger partial charge in [-0.15, -0.1) is 0 Å². The largest absolute Gasteiger partial charge is 0.340 e. The van der Waals surface area contributed by atoms with Gasteiger partial charge in [0.25, 0.3) is 0 Å². The van der Waals surface area contributed by atoms with E-state index in [4.69, 9.17) is 0 Å². The van der Waals surface area contributed by atoms with Gasteiger partial charge in [0.05, 0.1) is 4.83 Å². The molecule has 76 valence electrons. The van der Waals surface area contributed by atoms with Crippen molar-refractivity contribution in [1.82, 2.24) is 4.90 Å². The first-order valence-electron chi connectivity index (χ1n) is 4.69. The number of carbonyl (C=O) groups is 1. The summed E-state index contributed by atoms with van der Waals surface area (Å²) in [7, 11) is 0. The summed E-state index contributed by atoms with van der Waals surface area (Å²) in [6.45, 7) is 5.92. The van der Waals surface area contributed by atoms with Crippen LogP contribution in [0.1, 0.15) is 20.3 Å². The van der Waals surface area contributed by atoms with Crippen molar-refractivity contribution in [3.8, 4) is 0 Å². The van der Waals surface area contributed by atoms with Gasteiger partial charge in [0, 0.05) is 24.1 Å². The molecule has 0 spiro atoms. The summed E-state index contributed by atoms with van der Waals surface area (Å²) in [5.74, 6) is 1.32. The number of nitrogens with zero attached hydrogens (tertiary/aromatic N) is 1. The Kier molecular flexibility index (Phi) is 4.59. The molecule has 0 saturated carbocycles. The zero-order valence-corrected chi connectivity index (χ0v) is 10.5. The molecule has 1 amide bonds. The number of amides is 1. The van der Waals surface area contributed by atoms with Crippen molar-refractivity contribution in [1.29, 1.82) is 0 Å². The van der Waals surface area contributed by atoms with Gasteiger partial charge in [0.1, 0.15) is 0 Å². The highest BCUT2D eigenvalue weighted by Crippen LogP contribution is 2.22. The molecule has 1 heterocycles. The molecule has 0 aromatic carbocycles. The van der Waals surface area contributed by atoms with Crippen molar-refractivity contribution < 1.29 is 4.79 Å². The molecule has 1 aliphatic rings. The Bertz CT molecular complexity index is 186. The van der Waals surface area contributed by atoms with E-state index in [1.54, 1.807) is 0 Å². The van der Waals surface area contributed by atoms with Gasteiger partial charge in [-0.05, 0) is 13.3 Å². The third kappa shape index (κ3) is 3.17. The second-order valence-electron chi connectivity index (χ2n) is 3.30. The van der Waals surface area contributed by atoms with Crippen LogP contribution in [-0.2, 0) is 4.79 Å². The Hall–Kier alpha value is 0.300. The summed E-state index contributed by atoms with van der Waals surface area (Å²) < 4.78 is 0. The lowest BCUT2D eigenvalue weighted by atomic mass is 10.3. The number of carbonyl (C=O) groups excluding carboxylic acids is 1. The standard InChI is InChI=1S/C9H16BrNOS/c1-3-8-6-11(4-5-13-8)9(12)7(2)10/h7-8H,3-6H2,1-2H3. The first-order chi connectivity index (χ1) is 6.15. The zero-order valence-electron chi connectivity index (χ0n) is 8.12. The lowest BCUT2D eigenvalue weighted by molar-refractivity contribution is -0.130. The molecule has 0 bridgehead atoms. The number of rotatable bonds is 2. The predicted octanol–water partition coefficient (Wildman–Crippen LogP) is 2.12. The summed E-state index contributed by atoms with van der Waals surface area (Å²) in [5, 5.41) is 0.643. The molecule has 1 aliphatic heterocycles. The highest BCUT2D eigenvalue weighted by Gasteiger charge is 2.24. The average molecular weight is 266 g/mol. The SMILES string of the molecule is CCC1CN(C(=O)C(C)Br)CCS1. The van der Waals surface area contributed by atoms with Gasteiger partial charge >= 0.3 is 0 Å².